The van der Waals surface area contributed by atoms with Gasteiger partial charge in [0.05, 0.1) is 12.7 Å². The van der Waals surface area contributed by atoms with E-state index in [1.807, 2.05) is 12.1 Å². The summed E-state index contributed by atoms with van der Waals surface area (Å²) in [5.41, 5.74) is 1.64. The van der Waals surface area contributed by atoms with E-state index in [0.29, 0.717) is 24.3 Å². The molecule has 4 heteroatoms. The average Bonchev–Trinajstić information content (AvgIpc) is 2.39. The second-order valence-corrected chi connectivity index (χ2v) is 4.32. The van der Waals surface area contributed by atoms with Crippen molar-refractivity contribution in [2.75, 3.05) is 6.61 Å². The van der Waals surface area contributed by atoms with E-state index in [-0.39, 0.29) is 5.82 Å². The molecule has 0 aliphatic rings. The van der Waals surface area contributed by atoms with Crippen molar-refractivity contribution in [2.45, 2.75) is 19.4 Å². The van der Waals surface area contributed by atoms with Crippen molar-refractivity contribution in [1.29, 1.82) is 0 Å². The summed E-state index contributed by atoms with van der Waals surface area (Å²) in [6.45, 7) is 2.04. The maximum Gasteiger partial charge on any atom is 0.128 e. The second-order valence-electron chi connectivity index (χ2n) is 4.32. The van der Waals surface area contributed by atoms with Crippen molar-refractivity contribution in [1.82, 2.24) is 4.98 Å². The fraction of sp³-hybridized carbons (Fsp3) is 0.267. The van der Waals surface area contributed by atoms with Crippen molar-refractivity contribution < 1.29 is 14.2 Å². The van der Waals surface area contributed by atoms with Gasteiger partial charge in [-0.3, -0.25) is 4.98 Å². The van der Waals surface area contributed by atoms with Crippen molar-refractivity contribution >= 4 is 0 Å². The van der Waals surface area contributed by atoms with Crippen LogP contribution in [0.5, 0.6) is 5.75 Å². The molecular weight excluding hydrogens is 245 g/mol. The summed E-state index contributed by atoms with van der Waals surface area (Å²) in [7, 11) is 0. The van der Waals surface area contributed by atoms with Crippen molar-refractivity contribution in [3.05, 3.63) is 59.7 Å². The van der Waals surface area contributed by atoms with Gasteiger partial charge < -0.3 is 9.84 Å². The summed E-state index contributed by atoms with van der Waals surface area (Å²) in [5, 5.41) is 9.60. The Balaban J connectivity index is 2.01. The topological polar surface area (TPSA) is 42.4 Å². The Kier molecular flexibility index (Phi) is 4.47. The SMILES string of the molecule is C[C@@H](O)c1ccc(F)cc1OCCc1cccnc1. The number of ether oxygens (including phenoxy) is 1. The van der Waals surface area contributed by atoms with Crippen LogP contribution < -0.4 is 4.74 Å². The van der Waals surface area contributed by atoms with Crippen LogP contribution in [-0.2, 0) is 6.42 Å². The van der Waals surface area contributed by atoms with Gasteiger partial charge in [0.25, 0.3) is 0 Å². The molecule has 19 heavy (non-hydrogen) atoms. The lowest BCUT2D eigenvalue weighted by atomic mass is 10.1. The third-order valence-corrected chi connectivity index (χ3v) is 2.80. The first-order valence-corrected chi connectivity index (χ1v) is 6.16. The van der Waals surface area contributed by atoms with Crippen molar-refractivity contribution in [3.63, 3.8) is 0 Å². The molecule has 1 heterocycles. The van der Waals surface area contributed by atoms with E-state index in [2.05, 4.69) is 4.98 Å². The molecule has 2 rings (SSSR count). The zero-order valence-corrected chi connectivity index (χ0v) is 10.7. The normalized spacial score (nSPS) is 12.2. The van der Waals surface area contributed by atoms with Crippen LogP contribution in [0.3, 0.4) is 0 Å². The first-order valence-electron chi connectivity index (χ1n) is 6.16. The van der Waals surface area contributed by atoms with Gasteiger partial charge >= 0.3 is 0 Å². The minimum absolute atomic E-state index is 0.374. The largest absolute Gasteiger partial charge is 0.493 e. The monoisotopic (exact) mass is 261 g/mol. The summed E-state index contributed by atoms with van der Waals surface area (Å²) in [5.74, 6) is 0.0136. The lowest BCUT2D eigenvalue weighted by Crippen LogP contribution is -2.05. The highest BCUT2D eigenvalue weighted by atomic mass is 19.1. The van der Waals surface area contributed by atoms with Gasteiger partial charge in [0.1, 0.15) is 11.6 Å². The zero-order valence-electron chi connectivity index (χ0n) is 10.7. The Bertz CT molecular complexity index is 529. The first-order chi connectivity index (χ1) is 9.16. The van der Waals surface area contributed by atoms with Crippen LogP contribution in [0.25, 0.3) is 0 Å². The van der Waals surface area contributed by atoms with Crippen LogP contribution in [0.15, 0.2) is 42.7 Å². The van der Waals surface area contributed by atoms with Crippen LogP contribution >= 0.6 is 0 Å². The quantitative estimate of drug-likeness (QED) is 0.899. The number of aliphatic hydroxyl groups is 1. The van der Waals surface area contributed by atoms with Crippen LogP contribution in [0.4, 0.5) is 4.39 Å². The van der Waals surface area contributed by atoms with Gasteiger partial charge in [0, 0.05) is 30.4 Å². The van der Waals surface area contributed by atoms with Crippen LogP contribution in [0.2, 0.25) is 0 Å². The van der Waals surface area contributed by atoms with Gasteiger partial charge in [-0.15, -0.1) is 0 Å². The Morgan fingerprint density at radius 1 is 1.37 bits per heavy atom. The molecule has 3 nitrogen and oxygen atoms in total. The lowest BCUT2D eigenvalue weighted by molar-refractivity contribution is 0.191. The maximum atomic E-state index is 13.2. The fourth-order valence-corrected chi connectivity index (χ4v) is 1.80. The number of rotatable bonds is 5. The molecule has 100 valence electrons. The van der Waals surface area contributed by atoms with Crippen molar-refractivity contribution in [2.24, 2.45) is 0 Å². The van der Waals surface area contributed by atoms with Gasteiger partial charge in [0.15, 0.2) is 0 Å². The lowest BCUT2D eigenvalue weighted by Gasteiger charge is -2.13. The van der Waals surface area contributed by atoms with E-state index >= 15 is 0 Å². The molecule has 1 atom stereocenters. The molecule has 0 saturated carbocycles. The summed E-state index contributed by atoms with van der Waals surface area (Å²) < 4.78 is 18.7. The third-order valence-electron chi connectivity index (χ3n) is 2.80. The highest BCUT2D eigenvalue weighted by Gasteiger charge is 2.10. The van der Waals surface area contributed by atoms with Crippen LogP contribution in [0, 0.1) is 5.82 Å². The average molecular weight is 261 g/mol. The number of hydrogen-bond donors (Lipinski definition) is 1. The predicted octanol–water partition coefficient (Wildman–Crippen LogP) is 2.90. The van der Waals surface area contributed by atoms with Gasteiger partial charge in [-0.1, -0.05) is 6.07 Å². The summed E-state index contributed by atoms with van der Waals surface area (Å²) in [6, 6.07) is 7.97. The number of aliphatic hydroxyl groups excluding tert-OH is 1. The number of pyridine rings is 1. The standard InChI is InChI=1S/C15H16FNO2/c1-11(18)14-5-4-13(16)9-15(14)19-8-6-12-3-2-7-17-10-12/h2-5,7,9-11,18H,6,8H2,1H3/t11-/m1/s1. The highest BCUT2D eigenvalue weighted by Crippen LogP contribution is 2.26. The van der Waals surface area contributed by atoms with Crippen molar-refractivity contribution in [3.8, 4) is 5.75 Å². The smallest absolute Gasteiger partial charge is 0.128 e. The Morgan fingerprint density at radius 3 is 2.89 bits per heavy atom. The number of halogens is 1. The number of benzene rings is 1. The molecule has 0 unspecified atom stereocenters. The molecule has 0 amide bonds. The van der Waals surface area contributed by atoms with E-state index in [4.69, 9.17) is 4.74 Å². The Labute approximate surface area is 111 Å². The maximum absolute atomic E-state index is 13.2. The summed E-state index contributed by atoms with van der Waals surface area (Å²) in [6.07, 6.45) is 3.48. The van der Waals surface area contributed by atoms with Crippen LogP contribution in [0.1, 0.15) is 24.2 Å². The summed E-state index contributed by atoms with van der Waals surface area (Å²) in [4.78, 5) is 4.01. The van der Waals surface area contributed by atoms with E-state index in [9.17, 15) is 9.50 Å². The van der Waals surface area contributed by atoms with Gasteiger partial charge in [-0.05, 0) is 30.7 Å². The molecule has 0 bridgehead atoms. The first kappa shape index (κ1) is 13.5. The number of nitrogens with zero attached hydrogens (tertiary/aromatic N) is 1. The molecule has 0 fully saturated rings. The number of aromatic nitrogens is 1. The predicted molar refractivity (Wildman–Crippen MR) is 70.5 cm³/mol. The van der Waals surface area contributed by atoms with Gasteiger partial charge in [-0.25, -0.2) is 4.39 Å². The van der Waals surface area contributed by atoms with E-state index in [1.54, 1.807) is 25.4 Å². The second kappa shape index (κ2) is 6.29. The Hall–Kier alpha value is -1.94. The molecule has 1 aromatic carbocycles. The molecule has 1 N–H and O–H groups in total. The molecule has 0 aliphatic heterocycles. The fourth-order valence-electron chi connectivity index (χ4n) is 1.80. The Morgan fingerprint density at radius 2 is 2.21 bits per heavy atom. The molecule has 0 saturated heterocycles. The van der Waals surface area contributed by atoms with E-state index in [1.165, 1.54) is 12.1 Å². The summed E-state index contributed by atoms with van der Waals surface area (Å²) >= 11 is 0. The van der Waals surface area contributed by atoms with E-state index < -0.39 is 6.10 Å². The molecule has 0 aliphatic carbocycles. The van der Waals surface area contributed by atoms with Gasteiger partial charge in [0.2, 0.25) is 0 Å². The molecule has 1 aromatic heterocycles. The minimum atomic E-state index is -0.686. The molecule has 0 radical (unpaired) electrons. The van der Waals surface area contributed by atoms with E-state index in [0.717, 1.165) is 5.56 Å². The molecule has 0 spiro atoms. The highest BCUT2D eigenvalue weighted by molar-refractivity contribution is 5.35. The minimum Gasteiger partial charge on any atom is -0.493 e. The number of hydrogen-bond acceptors (Lipinski definition) is 3. The van der Waals surface area contributed by atoms with Gasteiger partial charge in [-0.2, -0.15) is 0 Å². The zero-order chi connectivity index (χ0) is 13.7. The molecule has 2 aromatic rings. The molecular formula is C15H16FNO2. The third kappa shape index (κ3) is 3.76. The van der Waals surface area contributed by atoms with Crippen LogP contribution in [-0.4, -0.2) is 16.7 Å².